The van der Waals surface area contributed by atoms with Crippen LogP contribution in [0.5, 0.6) is 0 Å². The number of aromatic nitrogens is 3. The van der Waals surface area contributed by atoms with E-state index in [1.165, 1.54) is 17.5 Å². The number of carbonyl (C=O) groups is 3. The molecule has 2 fully saturated rings. The van der Waals surface area contributed by atoms with Crippen molar-refractivity contribution in [3.05, 3.63) is 120 Å². The molecule has 10 heteroatoms. The number of hydrogen-bond donors (Lipinski definition) is 0. The molecule has 1 saturated heterocycles. The lowest BCUT2D eigenvalue weighted by Gasteiger charge is -2.24. The summed E-state index contributed by atoms with van der Waals surface area (Å²) < 4.78 is 25.4. The van der Waals surface area contributed by atoms with E-state index in [9.17, 15) is 14.4 Å². The summed E-state index contributed by atoms with van der Waals surface area (Å²) in [5, 5.41) is 8.69. The van der Waals surface area contributed by atoms with Gasteiger partial charge in [0, 0.05) is 0 Å². The average Bonchev–Trinajstić information content (AvgIpc) is 3.83. The topological polar surface area (TPSA) is 119 Å². The van der Waals surface area contributed by atoms with E-state index < -0.39 is 42.4 Å². The molecule has 226 valence electrons. The van der Waals surface area contributed by atoms with E-state index >= 15 is 0 Å². The van der Waals surface area contributed by atoms with Gasteiger partial charge in [0.2, 0.25) is 0 Å². The number of benzene rings is 3. The van der Waals surface area contributed by atoms with E-state index in [1.807, 2.05) is 0 Å². The molecule has 1 aromatic heterocycles. The number of ether oxygens (including phenoxy) is 4. The molecule has 0 amide bonds. The van der Waals surface area contributed by atoms with Crippen molar-refractivity contribution in [1.82, 2.24) is 15.0 Å². The van der Waals surface area contributed by atoms with Crippen LogP contribution in [0.4, 0.5) is 0 Å². The fraction of sp³-hybridized carbons (Fsp3) is 0.324. The number of nitrogens with zero attached hydrogens (tertiary/aromatic N) is 3. The number of hydrogen-bond acceptors (Lipinski definition) is 9. The van der Waals surface area contributed by atoms with E-state index in [0.29, 0.717) is 22.6 Å². The Labute approximate surface area is 254 Å². The summed E-state index contributed by atoms with van der Waals surface area (Å²) in [5.41, 5.74) is 1.78. The first-order valence-electron chi connectivity index (χ1n) is 14.9. The highest BCUT2D eigenvalue weighted by Crippen LogP contribution is 2.35. The van der Waals surface area contributed by atoms with Crippen LogP contribution in [0.2, 0.25) is 0 Å². The monoisotopic (exact) mass is 595 g/mol. The quantitative estimate of drug-likeness (QED) is 0.180. The van der Waals surface area contributed by atoms with Gasteiger partial charge < -0.3 is 18.9 Å². The Kier molecular flexibility index (Phi) is 9.07. The van der Waals surface area contributed by atoms with E-state index in [-0.39, 0.29) is 6.61 Å². The summed E-state index contributed by atoms with van der Waals surface area (Å²) in [5.74, 6) is -1.29. The molecule has 1 saturated carbocycles. The standard InChI is InChI=1S/C34H33N3O7/c38-32(24-14-4-1-5-15-24)41-22-28-29(43-33(39)25-16-6-2-7-17-25)30(44-34(40)26-18-8-3-9-19-26)31(42-28)37-21-27(35-36-37)20-23-12-10-11-13-23/h1-9,14-19,21,23,28-31H,10-13,20,22H2/t28-,29-,30-,31-/m1/s1. The van der Waals surface area contributed by atoms with Crippen LogP contribution in [0.25, 0.3) is 0 Å². The fourth-order valence-electron chi connectivity index (χ4n) is 5.71. The molecule has 4 atom stereocenters. The summed E-state index contributed by atoms with van der Waals surface area (Å²) in [6, 6.07) is 25.5. The van der Waals surface area contributed by atoms with Crippen LogP contribution in [0.1, 0.15) is 68.7 Å². The average molecular weight is 596 g/mol. The Morgan fingerprint density at radius 1 is 0.727 bits per heavy atom. The summed E-state index contributed by atoms with van der Waals surface area (Å²) in [6.07, 6.45) is 3.04. The van der Waals surface area contributed by atoms with Crippen LogP contribution in [-0.4, -0.2) is 57.8 Å². The zero-order chi connectivity index (χ0) is 30.3. The Morgan fingerprint density at radius 2 is 1.25 bits per heavy atom. The predicted octanol–water partition coefficient (Wildman–Crippen LogP) is 5.22. The largest absolute Gasteiger partial charge is 0.459 e. The number of rotatable bonds is 10. The molecule has 2 aliphatic rings. The van der Waals surface area contributed by atoms with Crippen molar-refractivity contribution >= 4 is 17.9 Å². The van der Waals surface area contributed by atoms with E-state index in [2.05, 4.69) is 10.3 Å². The van der Waals surface area contributed by atoms with Crippen LogP contribution in [0.3, 0.4) is 0 Å². The maximum Gasteiger partial charge on any atom is 0.338 e. The van der Waals surface area contributed by atoms with Gasteiger partial charge in [-0.3, -0.25) is 0 Å². The molecule has 0 radical (unpaired) electrons. The maximum absolute atomic E-state index is 13.3. The second-order valence-corrected chi connectivity index (χ2v) is 11.0. The van der Waals surface area contributed by atoms with Crippen LogP contribution in [0.15, 0.2) is 97.2 Å². The molecule has 6 rings (SSSR count). The van der Waals surface area contributed by atoms with Gasteiger partial charge in [-0.1, -0.05) is 85.5 Å². The van der Waals surface area contributed by atoms with Crippen molar-refractivity contribution < 1.29 is 33.3 Å². The minimum Gasteiger partial charge on any atom is -0.459 e. The summed E-state index contributed by atoms with van der Waals surface area (Å²) >= 11 is 0. The Hall–Kier alpha value is -4.83. The fourth-order valence-corrected chi connectivity index (χ4v) is 5.71. The molecule has 4 aromatic rings. The van der Waals surface area contributed by atoms with Crippen LogP contribution >= 0.6 is 0 Å². The van der Waals surface area contributed by atoms with E-state index in [1.54, 1.807) is 97.2 Å². The van der Waals surface area contributed by atoms with Gasteiger partial charge in [0.15, 0.2) is 18.4 Å². The second kappa shape index (κ2) is 13.6. The summed E-state index contributed by atoms with van der Waals surface area (Å²) in [4.78, 5) is 39.4. The van der Waals surface area contributed by atoms with E-state index in [4.69, 9.17) is 18.9 Å². The smallest absolute Gasteiger partial charge is 0.338 e. The van der Waals surface area contributed by atoms with Crippen molar-refractivity contribution in [2.24, 2.45) is 5.92 Å². The molecule has 10 nitrogen and oxygen atoms in total. The first kappa shape index (κ1) is 29.3. The Morgan fingerprint density at radius 3 is 1.82 bits per heavy atom. The maximum atomic E-state index is 13.3. The van der Waals surface area contributed by atoms with Crippen molar-refractivity contribution in [2.45, 2.75) is 56.6 Å². The molecular formula is C34H33N3O7. The van der Waals surface area contributed by atoms with Crippen LogP contribution < -0.4 is 0 Å². The van der Waals surface area contributed by atoms with Gasteiger partial charge in [-0.15, -0.1) is 5.10 Å². The summed E-state index contributed by atoms with van der Waals surface area (Å²) in [7, 11) is 0. The minimum atomic E-state index is -1.13. The van der Waals surface area contributed by atoms with Gasteiger partial charge in [-0.25, -0.2) is 19.1 Å². The molecule has 44 heavy (non-hydrogen) atoms. The van der Waals surface area contributed by atoms with Gasteiger partial charge in [-0.2, -0.15) is 0 Å². The molecule has 0 N–H and O–H groups in total. The van der Waals surface area contributed by atoms with Gasteiger partial charge >= 0.3 is 17.9 Å². The lowest BCUT2D eigenvalue weighted by Crippen LogP contribution is -2.41. The normalized spacial score (nSPS) is 21.5. The van der Waals surface area contributed by atoms with Gasteiger partial charge in [0.1, 0.15) is 12.7 Å². The minimum absolute atomic E-state index is 0.264. The molecule has 0 unspecified atom stereocenters. The number of esters is 3. The third-order valence-electron chi connectivity index (χ3n) is 7.97. The highest BCUT2D eigenvalue weighted by molar-refractivity contribution is 5.91. The first-order valence-corrected chi connectivity index (χ1v) is 14.9. The number of carbonyl (C=O) groups excluding carboxylic acids is 3. The van der Waals surface area contributed by atoms with Crippen molar-refractivity contribution in [3.8, 4) is 0 Å². The van der Waals surface area contributed by atoms with Crippen LogP contribution in [0, 0.1) is 5.92 Å². The zero-order valence-corrected chi connectivity index (χ0v) is 24.1. The molecule has 3 aromatic carbocycles. The third kappa shape index (κ3) is 6.86. The summed E-state index contributed by atoms with van der Waals surface area (Å²) in [6.45, 7) is -0.264. The Bertz CT molecular complexity index is 1560. The molecule has 1 aliphatic heterocycles. The van der Waals surface area contributed by atoms with Gasteiger partial charge in [0.25, 0.3) is 0 Å². The first-order chi connectivity index (χ1) is 21.5. The molecule has 0 spiro atoms. The lowest BCUT2D eigenvalue weighted by atomic mass is 10.0. The Balaban J connectivity index is 1.30. The molecule has 0 bridgehead atoms. The third-order valence-corrected chi connectivity index (χ3v) is 7.97. The van der Waals surface area contributed by atoms with Crippen molar-refractivity contribution in [3.63, 3.8) is 0 Å². The highest BCUT2D eigenvalue weighted by atomic mass is 16.7. The molecule has 1 aliphatic carbocycles. The SMILES string of the molecule is O=C(OC[C@H]1O[C@@H](n2cc(CC3CCCC3)nn2)[C@H](OC(=O)c2ccccc2)[C@@H]1OC(=O)c1ccccc1)c1ccccc1. The van der Waals surface area contributed by atoms with Crippen molar-refractivity contribution in [2.75, 3.05) is 6.61 Å². The van der Waals surface area contributed by atoms with Crippen LogP contribution in [-0.2, 0) is 25.4 Å². The van der Waals surface area contributed by atoms with Gasteiger partial charge in [-0.05, 0) is 48.7 Å². The zero-order valence-electron chi connectivity index (χ0n) is 24.1. The van der Waals surface area contributed by atoms with Crippen molar-refractivity contribution in [1.29, 1.82) is 0 Å². The van der Waals surface area contributed by atoms with E-state index in [0.717, 1.165) is 25.0 Å². The lowest BCUT2D eigenvalue weighted by molar-refractivity contribution is -0.0678. The predicted molar refractivity (Wildman–Crippen MR) is 158 cm³/mol. The molecular weight excluding hydrogens is 562 g/mol. The molecule has 2 heterocycles. The van der Waals surface area contributed by atoms with Gasteiger partial charge in [0.05, 0.1) is 28.6 Å². The highest BCUT2D eigenvalue weighted by Gasteiger charge is 2.52. The second-order valence-electron chi connectivity index (χ2n) is 11.0.